The number of aromatic nitrogens is 2. The number of rotatable bonds is 1. The summed E-state index contributed by atoms with van der Waals surface area (Å²) >= 11 is 0. The van der Waals surface area contributed by atoms with Crippen LogP contribution in [-0.2, 0) is 0 Å². The molecule has 0 aliphatic heterocycles. The molecule has 0 aliphatic rings. The lowest BCUT2D eigenvalue weighted by atomic mass is 10.0. The third kappa shape index (κ3) is 2.04. The van der Waals surface area contributed by atoms with Crippen LogP contribution in [0.2, 0.25) is 0 Å². The number of hydrogen-bond acceptors (Lipinski definition) is 4. The van der Waals surface area contributed by atoms with E-state index in [1.165, 1.54) is 0 Å². The lowest BCUT2D eigenvalue weighted by molar-refractivity contribution is 0.561. The van der Waals surface area contributed by atoms with Gasteiger partial charge in [0, 0.05) is 23.3 Å². The molecule has 0 unspecified atom stereocenters. The van der Waals surface area contributed by atoms with Crippen molar-refractivity contribution < 1.29 is 8.83 Å². The molecule has 4 aromatic carbocycles. The summed E-state index contributed by atoms with van der Waals surface area (Å²) in [5.74, 6) is 1.32. The first-order chi connectivity index (χ1) is 13.3. The van der Waals surface area contributed by atoms with Crippen LogP contribution >= 0.6 is 0 Å². The Morgan fingerprint density at radius 2 is 1.19 bits per heavy atom. The molecule has 0 atom stereocenters. The third-order valence-electron chi connectivity index (χ3n) is 5.03. The second-order valence-corrected chi connectivity index (χ2v) is 6.70. The maximum Gasteiger partial charge on any atom is 0.227 e. The molecule has 2 aromatic heterocycles. The smallest absolute Gasteiger partial charge is 0.227 e. The third-order valence-corrected chi connectivity index (χ3v) is 5.03. The summed E-state index contributed by atoms with van der Waals surface area (Å²) in [6, 6.07) is 22.3. The highest BCUT2D eigenvalue weighted by molar-refractivity contribution is 6.19. The molecule has 128 valence electrons. The Balaban J connectivity index is 1.69. The fourth-order valence-electron chi connectivity index (χ4n) is 3.82. The van der Waals surface area contributed by atoms with Crippen LogP contribution in [0.25, 0.3) is 55.2 Å². The largest absolute Gasteiger partial charge is 0.441 e. The van der Waals surface area contributed by atoms with E-state index in [4.69, 9.17) is 13.8 Å². The van der Waals surface area contributed by atoms with Crippen molar-refractivity contribution in [3.63, 3.8) is 0 Å². The Kier molecular flexibility index (Phi) is 2.78. The Morgan fingerprint density at radius 1 is 0.593 bits per heavy atom. The number of benzene rings is 4. The summed E-state index contributed by atoms with van der Waals surface area (Å²) in [5.41, 5.74) is 4.36. The first-order valence-electron chi connectivity index (χ1n) is 8.85. The number of hydrogen-bond donors (Lipinski definition) is 0. The minimum Gasteiger partial charge on any atom is -0.441 e. The summed E-state index contributed by atoms with van der Waals surface area (Å²) in [5, 5.41) is 4.43. The van der Waals surface area contributed by atoms with Gasteiger partial charge in [-0.1, -0.05) is 30.3 Å². The van der Waals surface area contributed by atoms with E-state index >= 15 is 0 Å². The zero-order valence-corrected chi connectivity index (χ0v) is 14.6. The van der Waals surface area contributed by atoms with Gasteiger partial charge in [-0.15, -0.1) is 0 Å². The number of aryl methyl sites for hydroxylation is 1. The molecule has 0 radical (unpaired) electrons. The van der Waals surface area contributed by atoms with E-state index < -0.39 is 0 Å². The molecule has 0 aliphatic carbocycles. The molecule has 0 fully saturated rings. The monoisotopic (exact) mass is 350 g/mol. The number of oxazole rings is 2. The lowest BCUT2D eigenvalue weighted by Crippen LogP contribution is -1.82. The van der Waals surface area contributed by atoms with Crippen LogP contribution < -0.4 is 0 Å². The van der Waals surface area contributed by atoms with E-state index in [2.05, 4.69) is 29.2 Å². The van der Waals surface area contributed by atoms with Gasteiger partial charge in [0.15, 0.2) is 17.1 Å². The summed E-state index contributed by atoms with van der Waals surface area (Å²) in [7, 11) is 0. The molecule has 4 heteroatoms. The van der Waals surface area contributed by atoms with Crippen molar-refractivity contribution in [3.05, 3.63) is 72.6 Å². The van der Waals surface area contributed by atoms with Crippen LogP contribution in [-0.4, -0.2) is 9.97 Å². The Labute approximate surface area is 154 Å². The standard InChI is InChI=1S/C23H14N2O2/c1-13-24-21-17-7-8-18-16(15(17)9-11-19(21)26-13)10-12-20-22(18)25-23(27-20)14-5-3-2-4-6-14/h2-12H,1H3. The summed E-state index contributed by atoms with van der Waals surface area (Å²) < 4.78 is 11.7. The highest BCUT2D eigenvalue weighted by Gasteiger charge is 2.14. The van der Waals surface area contributed by atoms with E-state index in [-0.39, 0.29) is 0 Å². The van der Waals surface area contributed by atoms with Gasteiger partial charge in [-0.2, -0.15) is 0 Å². The van der Waals surface area contributed by atoms with Gasteiger partial charge >= 0.3 is 0 Å². The zero-order chi connectivity index (χ0) is 18.0. The molecule has 6 aromatic rings. The maximum absolute atomic E-state index is 6.01. The van der Waals surface area contributed by atoms with Crippen LogP contribution in [0, 0.1) is 6.92 Å². The first-order valence-corrected chi connectivity index (χ1v) is 8.85. The van der Waals surface area contributed by atoms with Crippen LogP contribution in [0.1, 0.15) is 5.89 Å². The quantitative estimate of drug-likeness (QED) is 0.329. The summed E-state index contributed by atoms with van der Waals surface area (Å²) in [4.78, 5) is 9.34. The molecular weight excluding hydrogens is 336 g/mol. The molecule has 0 N–H and O–H groups in total. The number of nitrogens with zero attached hydrogens (tertiary/aromatic N) is 2. The molecule has 4 nitrogen and oxygen atoms in total. The van der Waals surface area contributed by atoms with E-state index in [9.17, 15) is 0 Å². The molecule has 0 bridgehead atoms. The van der Waals surface area contributed by atoms with Gasteiger partial charge in [0.25, 0.3) is 0 Å². The summed E-state index contributed by atoms with van der Waals surface area (Å²) in [6.45, 7) is 1.87. The van der Waals surface area contributed by atoms with E-state index in [1.54, 1.807) is 0 Å². The normalized spacial score (nSPS) is 11.9. The van der Waals surface area contributed by atoms with Crippen molar-refractivity contribution in [1.82, 2.24) is 9.97 Å². The number of fused-ring (bicyclic) bond motifs is 7. The van der Waals surface area contributed by atoms with Crippen LogP contribution in [0.3, 0.4) is 0 Å². The van der Waals surface area contributed by atoms with E-state index in [0.717, 1.165) is 49.3 Å². The van der Waals surface area contributed by atoms with Crippen LogP contribution in [0.4, 0.5) is 0 Å². The maximum atomic E-state index is 6.01. The minimum atomic E-state index is 0.640. The van der Waals surface area contributed by atoms with E-state index in [0.29, 0.717) is 11.8 Å². The molecule has 0 amide bonds. The van der Waals surface area contributed by atoms with E-state index in [1.807, 2.05) is 49.4 Å². The average Bonchev–Trinajstić information content (AvgIpc) is 3.31. The zero-order valence-electron chi connectivity index (χ0n) is 14.6. The predicted octanol–water partition coefficient (Wildman–Crippen LogP) is 6.25. The van der Waals surface area contributed by atoms with Gasteiger partial charge in [-0.05, 0) is 47.2 Å². The average molecular weight is 350 g/mol. The second-order valence-electron chi connectivity index (χ2n) is 6.70. The van der Waals surface area contributed by atoms with Gasteiger partial charge in [0.2, 0.25) is 5.89 Å². The van der Waals surface area contributed by atoms with Crippen molar-refractivity contribution in [3.8, 4) is 11.5 Å². The van der Waals surface area contributed by atoms with Crippen molar-refractivity contribution in [2.45, 2.75) is 6.92 Å². The van der Waals surface area contributed by atoms with Crippen molar-refractivity contribution in [1.29, 1.82) is 0 Å². The van der Waals surface area contributed by atoms with Gasteiger partial charge in [0.05, 0.1) is 0 Å². The first kappa shape index (κ1) is 14.5. The van der Waals surface area contributed by atoms with Gasteiger partial charge in [0.1, 0.15) is 11.0 Å². The Bertz CT molecular complexity index is 1480. The lowest BCUT2D eigenvalue weighted by Gasteiger charge is -2.04. The van der Waals surface area contributed by atoms with Gasteiger partial charge in [-0.3, -0.25) is 0 Å². The highest BCUT2D eigenvalue weighted by atomic mass is 16.4. The highest BCUT2D eigenvalue weighted by Crippen LogP contribution is 2.35. The molecule has 0 spiro atoms. The van der Waals surface area contributed by atoms with Crippen LogP contribution in [0.5, 0.6) is 0 Å². The van der Waals surface area contributed by atoms with Gasteiger partial charge in [-0.25, -0.2) is 9.97 Å². The summed E-state index contributed by atoms with van der Waals surface area (Å²) in [6.07, 6.45) is 0. The molecule has 6 rings (SSSR count). The van der Waals surface area contributed by atoms with Gasteiger partial charge < -0.3 is 8.83 Å². The SMILES string of the molecule is Cc1nc2c(ccc3c4ccc5oc(-c6ccccc6)nc5c4ccc32)o1. The minimum absolute atomic E-state index is 0.640. The fraction of sp³-hybridized carbons (Fsp3) is 0.0435. The second kappa shape index (κ2) is 5.17. The van der Waals surface area contributed by atoms with Crippen LogP contribution in [0.15, 0.2) is 75.6 Å². The Morgan fingerprint density at radius 3 is 1.89 bits per heavy atom. The van der Waals surface area contributed by atoms with Crippen molar-refractivity contribution >= 4 is 43.7 Å². The Hall–Kier alpha value is -3.66. The molecule has 0 saturated carbocycles. The molecule has 0 saturated heterocycles. The molecular formula is C23H14N2O2. The molecule has 27 heavy (non-hydrogen) atoms. The van der Waals surface area contributed by atoms with Crippen molar-refractivity contribution in [2.75, 3.05) is 0 Å². The van der Waals surface area contributed by atoms with Crippen molar-refractivity contribution in [2.24, 2.45) is 0 Å². The fourth-order valence-corrected chi connectivity index (χ4v) is 3.82. The topological polar surface area (TPSA) is 52.1 Å². The molecule has 2 heterocycles. The predicted molar refractivity (Wildman–Crippen MR) is 107 cm³/mol.